The number of amides is 1. The van der Waals surface area contributed by atoms with Crippen molar-refractivity contribution in [2.45, 2.75) is 58.2 Å². The maximum atomic E-state index is 12.6. The highest BCUT2D eigenvalue weighted by Gasteiger charge is 2.23. The lowest BCUT2D eigenvalue weighted by atomic mass is 9.97. The first-order chi connectivity index (χ1) is 14.6. The van der Waals surface area contributed by atoms with Gasteiger partial charge in [0.05, 0.1) is 5.52 Å². The molecule has 4 rings (SSSR count). The van der Waals surface area contributed by atoms with Crippen LogP contribution >= 0.6 is 0 Å². The Kier molecular flexibility index (Phi) is 6.48. The minimum atomic E-state index is 0.0163. The van der Waals surface area contributed by atoms with E-state index in [2.05, 4.69) is 42.3 Å². The molecule has 1 aliphatic heterocycles. The molecule has 3 aromatic rings. The first-order valence-corrected chi connectivity index (χ1v) is 11.2. The lowest BCUT2D eigenvalue weighted by Crippen LogP contribution is -2.44. The molecule has 0 radical (unpaired) electrons. The van der Waals surface area contributed by atoms with Crippen molar-refractivity contribution in [1.29, 1.82) is 0 Å². The number of aromatic nitrogens is 2. The van der Waals surface area contributed by atoms with E-state index in [1.54, 1.807) is 0 Å². The predicted molar refractivity (Wildman–Crippen MR) is 122 cm³/mol. The highest BCUT2D eigenvalue weighted by molar-refractivity contribution is 5.94. The molecule has 30 heavy (non-hydrogen) atoms. The van der Waals surface area contributed by atoms with Gasteiger partial charge >= 0.3 is 0 Å². The molecule has 1 amide bonds. The number of para-hydroxylation sites is 1. The van der Waals surface area contributed by atoms with Crippen LogP contribution in [0.3, 0.4) is 0 Å². The number of rotatable bonds is 7. The molecule has 1 aliphatic rings. The van der Waals surface area contributed by atoms with Crippen molar-refractivity contribution in [1.82, 2.24) is 20.0 Å². The molecule has 1 fully saturated rings. The largest absolute Gasteiger partial charge is 0.354 e. The Bertz CT molecular complexity index is 971. The van der Waals surface area contributed by atoms with Gasteiger partial charge in [0.15, 0.2) is 0 Å². The smallest absolute Gasteiger partial charge is 0.241 e. The third kappa shape index (κ3) is 4.57. The van der Waals surface area contributed by atoms with E-state index in [9.17, 15) is 4.79 Å². The summed E-state index contributed by atoms with van der Waals surface area (Å²) in [6.45, 7) is 6.64. The number of piperidine rings is 1. The Labute approximate surface area is 179 Å². The van der Waals surface area contributed by atoms with Crippen LogP contribution in [0.4, 0.5) is 0 Å². The third-order valence-corrected chi connectivity index (χ3v) is 6.29. The van der Waals surface area contributed by atoms with Crippen molar-refractivity contribution in [2.24, 2.45) is 0 Å². The summed E-state index contributed by atoms with van der Waals surface area (Å²) in [6.07, 6.45) is 4.88. The molecule has 158 valence electrons. The van der Waals surface area contributed by atoms with Crippen molar-refractivity contribution >= 4 is 16.8 Å². The zero-order chi connectivity index (χ0) is 20.9. The molecular formula is C25H32N4O. The van der Waals surface area contributed by atoms with Crippen molar-refractivity contribution in [3.05, 3.63) is 54.6 Å². The van der Waals surface area contributed by atoms with E-state index in [1.807, 2.05) is 41.1 Å². The summed E-state index contributed by atoms with van der Waals surface area (Å²) in [5.41, 5.74) is 2.98. The van der Waals surface area contributed by atoms with E-state index < -0.39 is 0 Å². The Morgan fingerprint density at radius 2 is 1.73 bits per heavy atom. The van der Waals surface area contributed by atoms with Crippen LogP contribution < -0.4 is 5.32 Å². The summed E-state index contributed by atoms with van der Waals surface area (Å²) in [4.78, 5) is 15.2. The van der Waals surface area contributed by atoms with Crippen molar-refractivity contribution < 1.29 is 4.79 Å². The van der Waals surface area contributed by atoms with Gasteiger partial charge in [-0.15, -0.1) is 0 Å². The number of benzene rings is 2. The van der Waals surface area contributed by atoms with Gasteiger partial charge in [-0.3, -0.25) is 14.4 Å². The SMILES string of the molecule is C[C@@H]1CCC[C@H](C)N1CCCNC(=O)Cn1nc(-c2ccccc2)c2ccccc21. The summed E-state index contributed by atoms with van der Waals surface area (Å²) in [7, 11) is 0. The van der Waals surface area contributed by atoms with Crippen LogP contribution in [0.5, 0.6) is 0 Å². The average Bonchev–Trinajstić information content (AvgIpc) is 3.12. The lowest BCUT2D eigenvalue weighted by Gasteiger charge is -2.39. The highest BCUT2D eigenvalue weighted by Crippen LogP contribution is 2.27. The van der Waals surface area contributed by atoms with Gasteiger partial charge in [-0.05, 0) is 39.2 Å². The Morgan fingerprint density at radius 3 is 2.50 bits per heavy atom. The minimum Gasteiger partial charge on any atom is -0.354 e. The third-order valence-electron chi connectivity index (χ3n) is 6.29. The summed E-state index contributed by atoms with van der Waals surface area (Å²) < 4.78 is 1.82. The van der Waals surface area contributed by atoms with Gasteiger partial charge in [-0.1, -0.05) is 55.0 Å². The fourth-order valence-corrected chi connectivity index (χ4v) is 4.65. The van der Waals surface area contributed by atoms with Gasteiger partial charge < -0.3 is 5.32 Å². The maximum Gasteiger partial charge on any atom is 0.241 e. The molecule has 0 saturated carbocycles. The quantitative estimate of drug-likeness (QED) is 0.591. The number of carbonyl (C=O) groups is 1. The summed E-state index contributed by atoms with van der Waals surface area (Å²) in [6, 6.07) is 19.6. The first-order valence-electron chi connectivity index (χ1n) is 11.2. The van der Waals surface area contributed by atoms with Gasteiger partial charge in [-0.2, -0.15) is 5.10 Å². The van der Waals surface area contributed by atoms with Crippen LogP contribution in [0.1, 0.15) is 39.5 Å². The fourth-order valence-electron chi connectivity index (χ4n) is 4.65. The molecule has 0 unspecified atom stereocenters. The van der Waals surface area contributed by atoms with E-state index in [0.717, 1.165) is 35.1 Å². The molecular weight excluding hydrogens is 372 g/mol. The maximum absolute atomic E-state index is 12.6. The van der Waals surface area contributed by atoms with E-state index >= 15 is 0 Å². The van der Waals surface area contributed by atoms with E-state index in [0.29, 0.717) is 18.6 Å². The standard InChI is InChI=1S/C25H32N4O/c1-19-10-8-11-20(2)28(19)17-9-16-26-24(30)18-29-23-15-7-6-14-22(23)25(27-29)21-12-4-3-5-13-21/h3-7,12-15,19-20H,8-11,16-18H2,1-2H3,(H,26,30)/t19-,20+. The van der Waals surface area contributed by atoms with E-state index in [4.69, 9.17) is 5.10 Å². The molecule has 1 N–H and O–H groups in total. The molecule has 0 aliphatic carbocycles. The molecule has 1 aromatic heterocycles. The van der Waals surface area contributed by atoms with Gasteiger partial charge in [0.25, 0.3) is 0 Å². The summed E-state index contributed by atoms with van der Waals surface area (Å²) in [5.74, 6) is 0.0163. The van der Waals surface area contributed by atoms with Crippen LogP contribution in [0.25, 0.3) is 22.2 Å². The molecule has 5 heteroatoms. The Hall–Kier alpha value is -2.66. The second-order valence-corrected chi connectivity index (χ2v) is 8.46. The second kappa shape index (κ2) is 9.43. The van der Waals surface area contributed by atoms with Gasteiger partial charge in [0.2, 0.25) is 5.91 Å². The average molecular weight is 405 g/mol. The molecule has 0 spiro atoms. The monoisotopic (exact) mass is 404 g/mol. The molecule has 0 bridgehead atoms. The zero-order valence-corrected chi connectivity index (χ0v) is 18.1. The highest BCUT2D eigenvalue weighted by atomic mass is 16.2. The Morgan fingerprint density at radius 1 is 1.03 bits per heavy atom. The topological polar surface area (TPSA) is 50.2 Å². The lowest BCUT2D eigenvalue weighted by molar-refractivity contribution is -0.121. The number of hydrogen-bond acceptors (Lipinski definition) is 3. The molecule has 5 nitrogen and oxygen atoms in total. The number of carbonyl (C=O) groups excluding carboxylic acids is 1. The van der Waals surface area contributed by atoms with Crippen molar-refractivity contribution in [2.75, 3.05) is 13.1 Å². The van der Waals surface area contributed by atoms with Crippen molar-refractivity contribution in [3.63, 3.8) is 0 Å². The minimum absolute atomic E-state index is 0.0163. The van der Waals surface area contributed by atoms with Crippen LogP contribution in [-0.2, 0) is 11.3 Å². The van der Waals surface area contributed by atoms with Gasteiger partial charge in [-0.25, -0.2) is 0 Å². The number of hydrogen-bond donors (Lipinski definition) is 1. The number of nitrogens with one attached hydrogen (secondary N) is 1. The molecule has 2 atom stereocenters. The van der Waals surface area contributed by atoms with Crippen LogP contribution in [0.15, 0.2) is 54.6 Å². The summed E-state index contributed by atoms with van der Waals surface area (Å²) >= 11 is 0. The first kappa shape index (κ1) is 20.6. The fraction of sp³-hybridized carbons (Fsp3) is 0.440. The summed E-state index contributed by atoms with van der Waals surface area (Å²) in [5, 5.41) is 8.93. The second-order valence-electron chi connectivity index (χ2n) is 8.46. The molecule has 2 aromatic carbocycles. The van der Waals surface area contributed by atoms with Gasteiger partial charge in [0.1, 0.15) is 12.2 Å². The normalized spacial score (nSPS) is 19.8. The number of nitrogens with zero attached hydrogens (tertiary/aromatic N) is 3. The number of fused-ring (bicyclic) bond motifs is 1. The van der Waals surface area contributed by atoms with Crippen LogP contribution in [-0.4, -0.2) is 45.8 Å². The predicted octanol–water partition coefficient (Wildman–Crippen LogP) is 4.47. The van der Waals surface area contributed by atoms with Gasteiger partial charge in [0, 0.05) is 36.1 Å². The van der Waals surface area contributed by atoms with Crippen LogP contribution in [0.2, 0.25) is 0 Å². The van der Waals surface area contributed by atoms with E-state index in [1.165, 1.54) is 19.3 Å². The number of likely N-dealkylation sites (tertiary alicyclic amines) is 1. The Balaban J connectivity index is 1.37. The van der Waals surface area contributed by atoms with Crippen LogP contribution in [0, 0.1) is 0 Å². The molecule has 2 heterocycles. The zero-order valence-electron chi connectivity index (χ0n) is 18.1. The molecule has 1 saturated heterocycles. The van der Waals surface area contributed by atoms with Crippen molar-refractivity contribution in [3.8, 4) is 11.3 Å². The van der Waals surface area contributed by atoms with E-state index in [-0.39, 0.29) is 12.5 Å².